The van der Waals surface area contributed by atoms with Crippen LogP contribution in [0.3, 0.4) is 0 Å². The highest BCUT2D eigenvalue weighted by atomic mass is 32.2. The molecule has 3 nitrogen and oxygen atoms in total. The quantitative estimate of drug-likeness (QED) is 0.919. The monoisotopic (exact) mass is 273 g/mol. The van der Waals surface area contributed by atoms with Crippen molar-refractivity contribution in [2.45, 2.75) is 22.6 Å². The average molecular weight is 273 g/mol. The SMILES string of the molecule is O=C(O)CCN1c2ccccc2SC2C=CC=CC21. The Morgan fingerprint density at radius 2 is 2.05 bits per heavy atom. The zero-order chi connectivity index (χ0) is 13.2. The van der Waals surface area contributed by atoms with E-state index in [-0.39, 0.29) is 12.5 Å². The van der Waals surface area contributed by atoms with Crippen molar-refractivity contribution in [1.29, 1.82) is 0 Å². The molecule has 4 heteroatoms. The second kappa shape index (κ2) is 5.13. The van der Waals surface area contributed by atoms with Crippen LogP contribution in [-0.2, 0) is 4.79 Å². The Labute approximate surface area is 116 Å². The highest BCUT2D eigenvalue weighted by Crippen LogP contribution is 2.43. The van der Waals surface area contributed by atoms with Gasteiger partial charge in [-0.15, -0.1) is 11.8 Å². The Morgan fingerprint density at radius 1 is 1.26 bits per heavy atom. The number of thioether (sulfide) groups is 1. The molecule has 3 rings (SSSR count). The number of benzene rings is 1. The number of hydrogen-bond donors (Lipinski definition) is 1. The Hall–Kier alpha value is -1.68. The fourth-order valence-corrected chi connectivity index (χ4v) is 3.85. The summed E-state index contributed by atoms with van der Waals surface area (Å²) in [5.41, 5.74) is 1.15. The number of carbonyl (C=O) groups is 1. The molecular weight excluding hydrogens is 258 g/mol. The van der Waals surface area contributed by atoms with Crippen LogP contribution in [0.15, 0.2) is 53.5 Å². The van der Waals surface area contributed by atoms with Crippen LogP contribution >= 0.6 is 11.8 Å². The Morgan fingerprint density at radius 3 is 2.89 bits per heavy atom. The summed E-state index contributed by atoms with van der Waals surface area (Å²) in [6.45, 7) is 0.548. The van der Waals surface area contributed by atoms with E-state index in [1.807, 2.05) is 30.0 Å². The molecule has 2 aliphatic rings. The van der Waals surface area contributed by atoms with E-state index in [9.17, 15) is 4.79 Å². The zero-order valence-electron chi connectivity index (χ0n) is 10.4. The fourth-order valence-electron chi connectivity index (χ4n) is 2.55. The van der Waals surface area contributed by atoms with Crippen LogP contribution in [0.5, 0.6) is 0 Å². The van der Waals surface area contributed by atoms with Crippen LogP contribution in [0.1, 0.15) is 6.42 Å². The third kappa shape index (κ3) is 2.40. The lowest BCUT2D eigenvalue weighted by Crippen LogP contribution is -2.45. The van der Waals surface area contributed by atoms with Crippen molar-refractivity contribution in [3.05, 3.63) is 48.6 Å². The summed E-state index contributed by atoms with van der Waals surface area (Å²) in [7, 11) is 0. The van der Waals surface area contributed by atoms with Gasteiger partial charge in [-0.1, -0.05) is 36.4 Å². The van der Waals surface area contributed by atoms with Crippen LogP contribution in [-0.4, -0.2) is 28.9 Å². The molecule has 0 saturated carbocycles. The van der Waals surface area contributed by atoms with Crippen molar-refractivity contribution >= 4 is 23.4 Å². The fraction of sp³-hybridized carbons (Fsp3) is 0.267. The van der Waals surface area contributed by atoms with Crippen LogP contribution in [0, 0.1) is 0 Å². The molecule has 1 aromatic carbocycles. The lowest BCUT2D eigenvalue weighted by Gasteiger charge is -2.41. The molecule has 1 N–H and O–H groups in total. The summed E-state index contributed by atoms with van der Waals surface area (Å²) in [4.78, 5) is 14.3. The number of carboxylic acid groups (broad SMARTS) is 1. The largest absolute Gasteiger partial charge is 0.481 e. The Kier molecular flexibility index (Phi) is 3.34. The van der Waals surface area contributed by atoms with Gasteiger partial charge < -0.3 is 10.0 Å². The number of rotatable bonds is 3. The summed E-state index contributed by atoms with van der Waals surface area (Å²) >= 11 is 1.85. The lowest BCUT2D eigenvalue weighted by atomic mass is 10.0. The van der Waals surface area contributed by atoms with E-state index in [1.54, 1.807) is 0 Å². The van der Waals surface area contributed by atoms with E-state index in [0.29, 0.717) is 11.8 Å². The van der Waals surface area contributed by atoms with Gasteiger partial charge in [-0.25, -0.2) is 0 Å². The average Bonchev–Trinajstić information content (AvgIpc) is 2.43. The lowest BCUT2D eigenvalue weighted by molar-refractivity contribution is -0.136. The molecule has 0 fully saturated rings. The molecule has 2 atom stereocenters. The van der Waals surface area contributed by atoms with Gasteiger partial charge >= 0.3 is 5.97 Å². The molecule has 0 radical (unpaired) electrons. The van der Waals surface area contributed by atoms with Crippen molar-refractivity contribution in [1.82, 2.24) is 0 Å². The number of aliphatic carboxylic acids is 1. The highest BCUT2D eigenvalue weighted by molar-refractivity contribution is 8.00. The predicted octanol–water partition coefficient (Wildman–Crippen LogP) is 2.94. The maximum atomic E-state index is 10.9. The van der Waals surface area contributed by atoms with Crippen molar-refractivity contribution in [3.63, 3.8) is 0 Å². The highest BCUT2D eigenvalue weighted by Gasteiger charge is 2.32. The number of carboxylic acids is 1. The van der Waals surface area contributed by atoms with E-state index in [1.165, 1.54) is 4.90 Å². The molecule has 0 amide bonds. The van der Waals surface area contributed by atoms with Crippen molar-refractivity contribution in [2.24, 2.45) is 0 Å². The van der Waals surface area contributed by atoms with Gasteiger partial charge in [-0.2, -0.15) is 0 Å². The first-order chi connectivity index (χ1) is 9.25. The number of anilines is 1. The van der Waals surface area contributed by atoms with Crippen LogP contribution < -0.4 is 4.90 Å². The molecule has 0 spiro atoms. The first-order valence-corrected chi connectivity index (χ1v) is 7.23. The topological polar surface area (TPSA) is 40.5 Å². The Balaban J connectivity index is 1.94. The first-order valence-electron chi connectivity index (χ1n) is 6.35. The predicted molar refractivity (Wildman–Crippen MR) is 77.8 cm³/mol. The molecule has 98 valence electrons. The minimum Gasteiger partial charge on any atom is -0.481 e. The molecule has 1 aromatic rings. The van der Waals surface area contributed by atoms with E-state index in [2.05, 4.69) is 35.3 Å². The molecule has 1 aliphatic heterocycles. The standard InChI is InChI=1S/C15H15NO2S/c17-15(18)9-10-16-11-5-1-3-7-13(11)19-14-8-4-2-6-12(14)16/h1-8,11,13H,9-10H2,(H,17,18). The van der Waals surface area contributed by atoms with Crippen molar-refractivity contribution < 1.29 is 9.90 Å². The van der Waals surface area contributed by atoms with E-state index in [4.69, 9.17) is 5.11 Å². The molecule has 0 bridgehead atoms. The minimum atomic E-state index is -0.748. The summed E-state index contributed by atoms with van der Waals surface area (Å²) in [6.07, 6.45) is 8.63. The minimum absolute atomic E-state index is 0.166. The summed E-state index contributed by atoms with van der Waals surface area (Å²) in [5, 5.41) is 9.29. The first kappa shape index (κ1) is 12.4. The third-order valence-corrected chi connectivity index (χ3v) is 4.73. The number of fused-ring (bicyclic) bond motifs is 2. The zero-order valence-corrected chi connectivity index (χ0v) is 11.2. The molecule has 0 saturated heterocycles. The molecule has 1 aliphatic carbocycles. The number of nitrogens with zero attached hydrogens (tertiary/aromatic N) is 1. The summed E-state index contributed by atoms with van der Waals surface area (Å²) in [5.74, 6) is -0.748. The van der Waals surface area contributed by atoms with Crippen molar-refractivity contribution in [2.75, 3.05) is 11.4 Å². The summed E-state index contributed by atoms with van der Waals surface area (Å²) < 4.78 is 0. The van der Waals surface area contributed by atoms with Gasteiger partial charge in [-0.05, 0) is 12.1 Å². The molecule has 1 heterocycles. The van der Waals surface area contributed by atoms with Gasteiger partial charge in [0.15, 0.2) is 0 Å². The third-order valence-electron chi connectivity index (χ3n) is 3.42. The summed E-state index contributed by atoms with van der Waals surface area (Å²) in [6, 6.07) is 8.48. The van der Waals surface area contributed by atoms with Crippen LogP contribution in [0.4, 0.5) is 5.69 Å². The van der Waals surface area contributed by atoms with Gasteiger partial charge in [-0.3, -0.25) is 4.79 Å². The molecular formula is C15H15NO2S. The number of para-hydroxylation sites is 1. The van der Waals surface area contributed by atoms with E-state index in [0.717, 1.165) is 5.69 Å². The molecule has 19 heavy (non-hydrogen) atoms. The second-order valence-electron chi connectivity index (χ2n) is 4.65. The van der Waals surface area contributed by atoms with Crippen LogP contribution in [0.25, 0.3) is 0 Å². The number of allylic oxidation sites excluding steroid dienone is 2. The molecule has 2 unspecified atom stereocenters. The van der Waals surface area contributed by atoms with Crippen LogP contribution in [0.2, 0.25) is 0 Å². The van der Waals surface area contributed by atoms with Gasteiger partial charge in [0.05, 0.1) is 23.4 Å². The van der Waals surface area contributed by atoms with E-state index >= 15 is 0 Å². The van der Waals surface area contributed by atoms with Gasteiger partial charge in [0, 0.05) is 11.4 Å². The van der Waals surface area contributed by atoms with Gasteiger partial charge in [0.1, 0.15) is 0 Å². The second-order valence-corrected chi connectivity index (χ2v) is 5.87. The maximum absolute atomic E-state index is 10.9. The maximum Gasteiger partial charge on any atom is 0.305 e. The van der Waals surface area contributed by atoms with Gasteiger partial charge in [0.25, 0.3) is 0 Å². The molecule has 0 aromatic heterocycles. The van der Waals surface area contributed by atoms with Crippen molar-refractivity contribution in [3.8, 4) is 0 Å². The van der Waals surface area contributed by atoms with E-state index < -0.39 is 5.97 Å². The normalized spacial score (nSPS) is 23.9. The van der Waals surface area contributed by atoms with Gasteiger partial charge in [0.2, 0.25) is 0 Å². The number of hydrogen-bond acceptors (Lipinski definition) is 3. The Bertz CT molecular complexity index is 553. The smallest absolute Gasteiger partial charge is 0.305 e.